The zero-order valence-electron chi connectivity index (χ0n) is 18.3. The lowest BCUT2D eigenvalue weighted by Gasteiger charge is -2.32. The van der Waals surface area contributed by atoms with E-state index in [0.29, 0.717) is 32.7 Å². The monoisotopic (exact) mass is 424 g/mol. The van der Waals surface area contributed by atoms with E-state index in [4.69, 9.17) is 14.2 Å². The maximum atomic E-state index is 10.1. The molecule has 1 fully saturated rings. The van der Waals surface area contributed by atoms with Crippen LogP contribution in [-0.2, 0) is 15.9 Å². The van der Waals surface area contributed by atoms with Crippen LogP contribution in [-0.4, -0.2) is 48.8 Å². The summed E-state index contributed by atoms with van der Waals surface area (Å²) in [6.07, 6.45) is 0.895. The zero-order valence-corrected chi connectivity index (χ0v) is 18.3. The minimum atomic E-state index is -0.446. The van der Waals surface area contributed by atoms with Gasteiger partial charge in [0.25, 0.3) is 0 Å². The summed E-state index contributed by atoms with van der Waals surface area (Å²) in [6, 6.07) is 14.4. The zero-order chi connectivity index (χ0) is 22.1. The lowest BCUT2D eigenvalue weighted by molar-refractivity contribution is -0.113. The van der Waals surface area contributed by atoms with Gasteiger partial charge in [-0.05, 0) is 54.7 Å². The summed E-state index contributed by atoms with van der Waals surface area (Å²) in [5.74, 6) is 6.46. The second kappa shape index (κ2) is 11.9. The van der Waals surface area contributed by atoms with Gasteiger partial charge in [0.1, 0.15) is 19.0 Å². The Morgan fingerprint density at radius 1 is 1.10 bits per heavy atom. The normalized spacial score (nSPS) is 20.7. The van der Waals surface area contributed by atoms with Crippen LogP contribution in [0.2, 0.25) is 0 Å². The van der Waals surface area contributed by atoms with Gasteiger partial charge in [0.05, 0.1) is 31.5 Å². The van der Waals surface area contributed by atoms with Crippen LogP contribution in [0.1, 0.15) is 48.1 Å². The molecule has 3 unspecified atom stereocenters. The largest absolute Gasteiger partial charge is 0.491 e. The Balaban J connectivity index is 1.59. The molecule has 166 valence electrons. The summed E-state index contributed by atoms with van der Waals surface area (Å²) in [5.41, 5.74) is 4.68. The molecule has 0 saturated carbocycles. The van der Waals surface area contributed by atoms with Crippen LogP contribution in [0.4, 0.5) is 0 Å². The maximum Gasteiger partial charge on any atom is 0.119 e. The summed E-state index contributed by atoms with van der Waals surface area (Å²) >= 11 is 0. The molecule has 1 saturated heterocycles. The Kier molecular flexibility index (Phi) is 8.93. The van der Waals surface area contributed by atoms with Crippen molar-refractivity contribution < 1.29 is 24.4 Å². The number of benzene rings is 2. The van der Waals surface area contributed by atoms with Crippen molar-refractivity contribution in [2.45, 2.75) is 51.4 Å². The molecule has 1 aliphatic heterocycles. The number of aliphatic hydroxyl groups excluding tert-OH is 2. The van der Waals surface area contributed by atoms with E-state index in [1.807, 2.05) is 12.1 Å². The van der Waals surface area contributed by atoms with Crippen molar-refractivity contribution in [3.8, 4) is 17.6 Å². The van der Waals surface area contributed by atoms with Gasteiger partial charge in [0.15, 0.2) is 0 Å². The highest BCUT2D eigenvalue weighted by molar-refractivity contribution is 5.38. The lowest BCUT2D eigenvalue weighted by atomic mass is 9.92. The first kappa shape index (κ1) is 23.3. The average molecular weight is 425 g/mol. The van der Waals surface area contributed by atoms with E-state index in [9.17, 15) is 10.2 Å². The third-order valence-electron chi connectivity index (χ3n) is 5.49. The Morgan fingerprint density at radius 3 is 2.65 bits per heavy atom. The van der Waals surface area contributed by atoms with Gasteiger partial charge in [-0.3, -0.25) is 0 Å². The molecule has 3 atom stereocenters. The topological polar surface area (TPSA) is 68.2 Å². The molecule has 2 N–H and O–H groups in total. The first-order valence-electron chi connectivity index (χ1n) is 10.8. The molecule has 31 heavy (non-hydrogen) atoms. The van der Waals surface area contributed by atoms with Crippen molar-refractivity contribution in [3.63, 3.8) is 0 Å². The number of aliphatic hydroxyl groups is 2. The highest BCUT2D eigenvalue weighted by Crippen LogP contribution is 2.32. The second-order valence-electron chi connectivity index (χ2n) is 7.89. The molecule has 0 aromatic heterocycles. The molecule has 0 aliphatic carbocycles. The first-order valence-corrected chi connectivity index (χ1v) is 10.8. The van der Waals surface area contributed by atoms with E-state index in [1.165, 1.54) is 16.7 Å². The van der Waals surface area contributed by atoms with Crippen molar-refractivity contribution in [2.24, 2.45) is 0 Å². The quantitative estimate of drug-likeness (QED) is 0.476. The fraction of sp³-hybridized carbons (Fsp3) is 0.462. The first-order chi connectivity index (χ1) is 15.1. The van der Waals surface area contributed by atoms with E-state index >= 15 is 0 Å². The Labute approximate surface area is 185 Å². The van der Waals surface area contributed by atoms with Gasteiger partial charge < -0.3 is 24.4 Å². The molecule has 0 amide bonds. The predicted octanol–water partition coefficient (Wildman–Crippen LogP) is 3.58. The molecule has 0 radical (unpaired) electrons. The number of hydrogen-bond acceptors (Lipinski definition) is 5. The van der Waals surface area contributed by atoms with Gasteiger partial charge in [0, 0.05) is 12.8 Å². The van der Waals surface area contributed by atoms with Crippen molar-refractivity contribution in [1.29, 1.82) is 0 Å². The van der Waals surface area contributed by atoms with Crippen LogP contribution < -0.4 is 4.74 Å². The molecule has 0 spiro atoms. The molecule has 5 nitrogen and oxygen atoms in total. The Morgan fingerprint density at radius 2 is 1.90 bits per heavy atom. The summed E-state index contributed by atoms with van der Waals surface area (Å²) in [7, 11) is 0. The summed E-state index contributed by atoms with van der Waals surface area (Å²) in [4.78, 5) is 0. The number of rotatable bonds is 9. The molecule has 0 bridgehead atoms. The van der Waals surface area contributed by atoms with Gasteiger partial charge in [-0.15, -0.1) is 5.92 Å². The van der Waals surface area contributed by atoms with Crippen LogP contribution in [0.5, 0.6) is 5.75 Å². The van der Waals surface area contributed by atoms with Crippen molar-refractivity contribution in [3.05, 3.63) is 64.7 Å². The van der Waals surface area contributed by atoms with Crippen LogP contribution in [0, 0.1) is 18.8 Å². The van der Waals surface area contributed by atoms with Gasteiger partial charge >= 0.3 is 0 Å². The Hall–Kier alpha value is -2.36. The molecule has 1 heterocycles. The van der Waals surface area contributed by atoms with E-state index < -0.39 is 6.10 Å². The van der Waals surface area contributed by atoms with E-state index in [0.717, 1.165) is 17.7 Å². The number of ether oxygens (including phenoxy) is 3. The van der Waals surface area contributed by atoms with Gasteiger partial charge in [-0.1, -0.05) is 36.3 Å². The highest BCUT2D eigenvalue weighted by Gasteiger charge is 2.29. The van der Waals surface area contributed by atoms with Gasteiger partial charge in [0.2, 0.25) is 0 Å². The van der Waals surface area contributed by atoms with E-state index in [2.05, 4.69) is 49.1 Å². The molecule has 2 aromatic carbocycles. The van der Waals surface area contributed by atoms with Crippen LogP contribution >= 0.6 is 0 Å². The van der Waals surface area contributed by atoms with Crippen molar-refractivity contribution in [2.75, 3.05) is 26.4 Å². The third kappa shape index (κ3) is 7.09. The minimum absolute atomic E-state index is 0.0698. The molecule has 1 aliphatic rings. The standard InChI is InChI=1S/C26H32O5/c1-3-4-11-29-12-13-30-24-9-6-20(7-10-24)14-22-15-21(8-5-19(22)2)26-17-23(28)16-25(18-27)31-26/h5-10,15,23,25-28H,11-14,16-18H2,1-2H3. The fourth-order valence-corrected chi connectivity index (χ4v) is 3.74. The fourth-order valence-electron chi connectivity index (χ4n) is 3.74. The third-order valence-corrected chi connectivity index (χ3v) is 5.49. The van der Waals surface area contributed by atoms with Crippen LogP contribution in [0.15, 0.2) is 42.5 Å². The van der Waals surface area contributed by atoms with Gasteiger partial charge in [-0.2, -0.15) is 0 Å². The molecule has 2 aromatic rings. The van der Waals surface area contributed by atoms with Crippen LogP contribution in [0.25, 0.3) is 0 Å². The molecular weight excluding hydrogens is 392 g/mol. The molecular formula is C26H32O5. The molecule has 3 rings (SSSR count). The van der Waals surface area contributed by atoms with E-state index in [-0.39, 0.29) is 18.8 Å². The summed E-state index contributed by atoms with van der Waals surface area (Å²) in [6.45, 7) is 5.26. The SMILES string of the molecule is CC#CCOCCOc1ccc(Cc2cc(C3CC(O)CC(CO)O3)ccc2C)cc1. The van der Waals surface area contributed by atoms with Gasteiger partial charge in [-0.25, -0.2) is 0 Å². The second-order valence-corrected chi connectivity index (χ2v) is 7.89. The summed E-state index contributed by atoms with van der Waals surface area (Å²) in [5, 5.41) is 19.6. The smallest absolute Gasteiger partial charge is 0.119 e. The number of aryl methyl sites for hydroxylation is 1. The predicted molar refractivity (Wildman–Crippen MR) is 120 cm³/mol. The maximum absolute atomic E-state index is 10.1. The van der Waals surface area contributed by atoms with E-state index in [1.54, 1.807) is 6.92 Å². The lowest BCUT2D eigenvalue weighted by Crippen LogP contribution is -2.33. The summed E-state index contributed by atoms with van der Waals surface area (Å²) < 4.78 is 17.0. The highest BCUT2D eigenvalue weighted by atomic mass is 16.5. The number of hydrogen-bond donors (Lipinski definition) is 2. The van der Waals surface area contributed by atoms with Crippen molar-refractivity contribution in [1.82, 2.24) is 0 Å². The average Bonchev–Trinajstić information content (AvgIpc) is 2.78. The Bertz CT molecular complexity index is 881. The van der Waals surface area contributed by atoms with Crippen molar-refractivity contribution >= 4 is 0 Å². The minimum Gasteiger partial charge on any atom is -0.491 e. The molecule has 5 heteroatoms. The van der Waals surface area contributed by atoms with Crippen LogP contribution in [0.3, 0.4) is 0 Å².